The zero-order chi connectivity index (χ0) is 22.2. The van der Waals surface area contributed by atoms with Gasteiger partial charge in [0, 0.05) is 47.5 Å². The number of halogens is 1. The van der Waals surface area contributed by atoms with Crippen LogP contribution in [0.25, 0.3) is 11.3 Å². The fourth-order valence-corrected chi connectivity index (χ4v) is 4.80. The van der Waals surface area contributed by atoms with Gasteiger partial charge in [-0.2, -0.15) is 5.10 Å². The molecule has 32 heavy (non-hydrogen) atoms. The lowest BCUT2D eigenvalue weighted by atomic mass is 9.96. The summed E-state index contributed by atoms with van der Waals surface area (Å²) in [5, 5.41) is 16.7. The van der Waals surface area contributed by atoms with Crippen molar-refractivity contribution in [2.24, 2.45) is 0 Å². The summed E-state index contributed by atoms with van der Waals surface area (Å²) in [5.74, 6) is 1.41. The van der Waals surface area contributed by atoms with Crippen molar-refractivity contribution in [3.8, 4) is 22.8 Å². The van der Waals surface area contributed by atoms with Crippen molar-refractivity contribution in [1.82, 2.24) is 9.78 Å². The molecule has 3 heterocycles. The Kier molecular flexibility index (Phi) is 5.71. The van der Waals surface area contributed by atoms with Crippen molar-refractivity contribution in [3.05, 3.63) is 58.7 Å². The molecule has 7 nitrogen and oxygen atoms in total. The second kappa shape index (κ2) is 8.65. The number of aliphatic hydroxyl groups is 1. The molecule has 0 amide bonds. The number of ether oxygens (including phenoxy) is 3. The Hall–Kier alpha value is -2.74. The van der Waals surface area contributed by atoms with Crippen LogP contribution >= 0.6 is 11.6 Å². The number of rotatable bonds is 5. The summed E-state index contributed by atoms with van der Waals surface area (Å²) in [7, 11) is 3.25. The van der Waals surface area contributed by atoms with E-state index in [2.05, 4.69) is 4.68 Å². The van der Waals surface area contributed by atoms with Crippen LogP contribution in [0.2, 0.25) is 5.02 Å². The van der Waals surface area contributed by atoms with Gasteiger partial charge in [-0.25, -0.2) is 0 Å². The topological polar surface area (TPSA) is 69.0 Å². The highest BCUT2D eigenvalue weighted by Crippen LogP contribution is 2.47. The standard InChI is InChI=1S/C24H26ClN3O4/c1-30-18-5-3-15(22(12-18)31-2)14-27-21-11-16(25)4-6-19(21)23-20(24(27)29)13-26-28(23)17-7-9-32-10-8-17/h3-6,11-13,17,24,29H,7-10,14H2,1-2H3. The minimum atomic E-state index is -0.864. The van der Waals surface area contributed by atoms with E-state index < -0.39 is 6.23 Å². The summed E-state index contributed by atoms with van der Waals surface area (Å²) in [4.78, 5) is 1.93. The molecule has 0 spiro atoms. The van der Waals surface area contributed by atoms with E-state index in [9.17, 15) is 5.11 Å². The highest BCUT2D eigenvalue weighted by molar-refractivity contribution is 6.31. The lowest BCUT2D eigenvalue weighted by Crippen LogP contribution is -2.32. The van der Waals surface area contributed by atoms with Gasteiger partial charge < -0.3 is 24.2 Å². The van der Waals surface area contributed by atoms with Crippen molar-refractivity contribution < 1.29 is 19.3 Å². The van der Waals surface area contributed by atoms with Crippen LogP contribution in [0.15, 0.2) is 42.6 Å². The van der Waals surface area contributed by atoms with Gasteiger partial charge in [0.05, 0.1) is 37.8 Å². The number of hydrogen-bond donors (Lipinski definition) is 1. The Bertz CT molecular complexity index is 1130. The molecule has 1 atom stereocenters. The highest BCUT2D eigenvalue weighted by atomic mass is 35.5. The molecule has 2 aliphatic rings. The monoisotopic (exact) mass is 455 g/mol. The summed E-state index contributed by atoms with van der Waals surface area (Å²) >= 11 is 6.39. The van der Waals surface area contributed by atoms with E-state index in [-0.39, 0.29) is 6.04 Å². The number of anilines is 1. The Morgan fingerprint density at radius 2 is 1.94 bits per heavy atom. The minimum Gasteiger partial charge on any atom is -0.497 e. The molecular weight excluding hydrogens is 430 g/mol. The molecule has 3 aromatic rings. The van der Waals surface area contributed by atoms with E-state index in [0.717, 1.165) is 54.1 Å². The van der Waals surface area contributed by atoms with E-state index >= 15 is 0 Å². The number of aromatic nitrogens is 2. The molecule has 168 valence electrons. The molecule has 2 aromatic carbocycles. The average Bonchev–Trinajstić information content (AvgIpc) is 3.28. The van der Waals surface area contributed by atoms with Crippen LogP contribution in [0.5, 0.6) is 11.5 Å². The van der Waals surface area contributed by atoms with E-state index in [0.29, 0.717) is 23.1 Å². The summed E-state index contributed by atoms with van der Waals surface area (Å²) in [5.41, 5.74) is 4.54. The Morgan fingerprint density at radius 1 is 1.12 bits per heavy atom. The van der Waals surface area contributed by atoms with E-state index in [1.54, 1.807) is 20.4 Å². The lowest BCUT2D eigenvalue weighted by molar-refractivity contribution is 0.0666. The molecule has 0 aliphatic carbocycles. The minimum absolute atomic E-state index is 0.247. The first-order chi connectivity index (χ1) is 15.6. The molecule has 8 heteroatoms. The predicted molar refractivity (Wildman–Crippen MR) is 122 cm³/mol. The van der Waals surface area contributed by atoms with Gasteiger partial charge in [0.1, 0.15) is 11.5 Å². The van der Waals surface area contributed by atoms with Crippen LogP contribution in [0.1, 0.15) is 36.2 Å². The molecule has 0 saturated carbocycles. The molecule has 5 rings (SSSR count). The van der Waals surface area contributed by atoms with Crippen molar-refractivity contribution in [3.63, 3.8) is 0 Å². The SMILES string of the molecule is COc1ccc(CN2c3cc(Cl)ccc3-c3c(cnn3C3CCOCC3)C2O)c(OC)c1. The number of benzene rings is 2. The van der Waals surface area contributed by atoms with Crippen LogP contribution in [-0.4, -0.2) is 42.3 Å². The first-order valence-corrected chi connectivity index (χ1v) is 11.1. The number of nitrogens with zero attached hydrogens (tertiary/aromatic N) is 3. The molecular formula is C24H26ClN3O4. The number of fused-ring (bicyclic) bond motifs is 3. The molecule has 0 bridgehead atoms. The molecule has 1 aromatic heterocycles. The van der Waals surface area contributed by atoms with Crippen molar-refractivity contribution in [2.75, 3.05) is 32.3 Å². The Morgan fingerprint density at radius 3 is 2.69 bits per heavy atom. The van der Waals surface area contributed by atoms with Crippen LogP contribution < -0.4 is 14.4 Å². The fourth-order valence-electron chi connectivity index (χ4n) is 4.63. The zero-order valence-corrected chi connectivity index (χ0v) is 18.9. The molecule has 0 radical (unpaired) electrons. The van der Waals surface area contributed by atoms with Crippen LogP contribution in [0.3, 0.4) is 0 Å². The second-order valence-corrected chi connectivity index (χ2v) is 8.51. The molecule has 1 unspecified atom stereocenters. The van der Waals surface area contributed by atoms with Crippen molar-refractivity contribution in [1.29, 1.82) is 0 Å². The van der Waals surface area contributed by atoms with Gasteiger partial charge in [-0.3, -0.25) is 4.68 Å². The summed E-state index contributed by atoms with van der Waals surface area (Å²) in [6, 6.07) is 11.7. The molecule has 2 aliphatic heterocycles. The third kappa shape index (κ3) is 3.60. The normalized spacial score (nSPS) is 18.2. The van der Waals surface area contributed by atoms with Crippen LogP contribution in [-0.2, 0) is 11.3 Å². The smallest absolute Gasteiger partial charge is 0.157 e. The Balaban J connectivity index is 1.58. The third-order valence-electron chi connectivity index (χ3n) is 6.29. The van der Waals surface area contributed by atoms with Crippen LogP contribution in [0.4, 0.5) is 5.69 Å². The summed E-state index contributed by atoms with van der Waals surface area (Å²) < 4.78 is 18.5. The first-order valence-electron chi connectivity index (χ1n) is 10.7. The van der Waals surface area contributed by atoms with Gasteiger partial charge in [-0.05, 0) is 43.2 Å². The third-order valence-corrected chi connectivity index (χ3v) is 6.53. The van der Waals surface area contributed by atoms with Gasteiger partial charge in [0.2, 0.25) is 0 Å². The maximum Gasteiger partial charge on any atom is 0.157 e. The number of hydrogen-bond acceptors (Lipinski definition) is 6. The van der Waals surface area contributed by atoms with Gasteiger partial charge in [-0.15, -0.1) is 0 Å². The Labute approximate surface area is 192 Å². The molecule has 1 saturated heterocycles. The van der Waals surface area contributed by atoms with Crippen molar-refractivity contribution >= 4 is 17.3 Å². The van der Waals surface area contributed by atoms with E-state index in [1.807, 2.05) is 41.3 Å². The highest BCUT2D eigenvalue weighted by Gasteiger charge is 2.35. The quantitative estimate of drug-likeness (QED) is 0.607. The number of methoxy groups -OCH3 is 2. The van der Waals surface area contributed by atoms with Gasteiger partial charge in [0.25, 0.3) is 0 Å². The molecule has 1 N–H and O–H groups in total. The van der Waals surface area contributed by atoms with Gasteiger partial charge >= 0.3 is 0 Å². The van der Waals surface area contributed by atoms with Crippen molar-refractivity contribution in [2.45, 2.75) is 31.7 Å². The largest absolute Gasteiger partial charge is 0.497 e. The summed E-state index contributed by atoms with van der Waals surface area (Å²) in [6.45, 7) is 1.88. The number of aliphatic hydroxyl groups excluding tert-OH is 1. The van der Waals surface area contributed by atoms with E-state index in [4.69, 9.17) is 30.9 Å². The van der Waals surface area contributed by atoms with Gasteiger partial charge in [0.15, 0.2) is 6.23 Å². The lowest BCUT2D eigenvalue weighted by Gasteiger charge is -2.37. The van der Waals surface area contributed by atoms with E-state index in [1.165, 1.54) is 0 Å². The first kappa shape index (κ1) is 21.1. The maximum atomic E-state index is 11.4. The zero-order valence-electron chi connectivity index (χ0n) is 18.1. The fraction of sp³-hybridized carbons (Fsp3) is 0.375. The predicted octanol–water partition coefficient (Wildman–Crippen LogP) is 4.58. The van der Waals surface area contributed by atoms with Gasteiger partial charge in [-0.1, -0.05) is 11.6 Å². The molecule has 1 fully saturated rings. The maximum absolute atomic E-state index is 11.4. The average molecular weight is 456 g/mol. The summed E-state index contributed by atoms with van der Waals surface area (Å²) in [6.07, 6.45) is 2.72. The second-order valence-electron chi connectivity index (χ2n) is 8.08. The van der Waals surface area contributed by atoms with Crippen LogP contribution in [0, 0.1) is 0 Å².